The van der Waals surface area contributed by atoms with Crippen molar-refractivity contribution in [2.24, 2.45) is 0 Å². The number of anilines is 1. The number of hydrogen-bond acceptors (Lipinski definition) is 5. The Morgan fingerprint density at radius 1 is 1.29 bits per heavy atom. The van der Waals surface area contributed by atoms with Crippen molar-refractivity contribution in [3.8, 4) is 5.69 Å². The highest BCUT2D eigenvalue weighted by molar-refractivity contribution is 5.50. The van der Waals surface area contributed by atoms with E-state index in [1.807, 2.05) is 24.3 Å². The maximum Gasteiger partial charge on any atom is 0.0942 e. The van der Waals surface area contributed by atoms with Gasteiger partial charge in [0.25, 0.3) is 0 Å². The summed E-state index contributed by atoms with van der Waals surface area (Å²) in [5, 5.41) is 29.0. The van der Waals surface area contributed by atoms with Crippen molar-refractivity contribution < 1.29 is 10.2 Å². The van der Waals surface area contributed by atoms with E-state index < -0.39 is 6.10 Å². The average Bonchev–Trinajstić information content (AvgIpc) is 2.90. The summed E-state index contributed by atoms with van der Waals surface area (Å²) in [5.41, 5.74) is 1.67. The van der Waals surface area contributed by atoms with Crippen LogP contribution < -0.4 is 5.32 Å². The fourth-order valence-electron chi connectivity index (χ4n) is 1.39. The third-order valence-corrected chi connectivity index (χ3v) is 2.25. The van der Waals surface area contributed by atoms with E-state index in [2.05, 4.69) is 15.5 Å². The lowest BCUT2D eigenvalue weighted by Crippen LogP contribution is -2.22. The smallest absolute Gasteiger partial charge is 0.0942 e. The van der Waals surface area contributed by atoms with Crippen LogP contribution in [0.1, 0.15) is 0 Å². The van der Waals surface area contributed by atoms with Gasteiger partial charge in [-0.05, 0) is 18.2 Å². The molecule has 0 saturated carbocycles. The monoisotopic (exact) mass is 234 g/mol. The molecule has 0 aliphatic heterocycles. The number of aliphatic hydroxyl groups excluding tert-OH is 2. The van der Waals surface area contributed by atoms with E-state index in [9.17, 15) is 5.11 Å². The molecule has 17 heavy (non-hydrogen) atoms. The number of nitrogens with zero attached hydrogens (tertiary/aromatic N) is 3. The Hall–Kier alpha value is -1.92. The second-order valence-corrected chi connectivity index (χ2v) is 3.59. The Balaban J connectivity index is 2.07. The molecular weight excluding hydrogens is 220 g/mol. The molecule has 6 nitrogen and oxygen atoms in total. The van der Waals surface area contributed by atoms with Gasteiger partial charge in [0.2, 0.25) is 0 Å². The van der Waals surface area contributed by atoms with E-state index in [1.54, 1.807) is 12.4 Å². The zero-order chi connectivity index (χ0) is 12.1. The second kappa shape index (κ2) is 5.42. The van der Waals surface area contributed by atoms with Gasteiger partial charge < -0.3 is 15.5 Å². The molecule has 0 spiro atoms. The molecule has 1 heterocycles. The Morgan fingerprint density at radius 2 is 2.06 bits per heavy atom. The van der Waals surface area contributed by atoms with Crippen LogP contribution in [0.5, 0.6) is 0 Å². The van der Waals surface area contributed by atoms with Crippen molar-refractivity contribution in [2.45, 2.75) is 6.10 Å². The van der Waals surface area contributed by atoms with E-state index in [0.717, 1.165) is 11.4 Å². The maximum atomic E-state index is 9.23. The van der Waals surface area contributed by atoms with Crippen LogP contribution in [0.4, 0.5) is 5.69 Å². The van der Waals surface area contributed by atoms with Crippen LogP contribution in [0.2, 0.25) is 0 Å². The summed E-state index contributed by atoms with van der Waals surface area (Å²) in [6.07, 6.45) is 2.45. The van der Waals surface area contributed by atoms with Crippen molar-refractivity contribution >= 4 is 5.69 Å². The van der Waals surface area contributed by atoms with Crippen LogP contribution in [0.3, 0.4) is 0 Å². The molecule has 0 radical (unpaired) electrons. The molecule has 3 N–H and O–H groups in total. The molecule has 0 bridgehead atoms. The first kappa shape index (κ1) is 11.6. The molecule has 90 valence electrons. The van der Waals surface area contributed by atoms with E-state index >= 15 is 0 Å². The summed E-state index contributed by atoms with van der Waals surface area (Å²) in [6.45, 7) is 0.0416. The summed E-state index contributed by atoms with van der Waals surface area (Å²) in [6, 6.07) is 7.49. The lowest BCUT2D eigenvalue weighted by Gasteiger charge is -2.10. The van der Waals surface area contributed by atoms with E-state index in [-0.39, 0.29) is 6.61 Å². The number of aliphatic hydroxyl groups is 2. The number of hydrogen-bond donors (Lipinski definition) is 3. The van der Waals surface area contributed by atoms with Gasteiger partial charge in [-0.15, -0.1) is 0 Å². The van der Waals surface area contributed by atoms with Crippen LogP contribution in [0.25, 0.3) is 5.69 Å². The molecule has 1 unspecified atom stereocenters. The number of benzene rings is 1. The molecule has 6 heteroatoms. The van der Waals surface area contributed by atoms with Crippen LogP contribution in [0, 0.1) is 0 Å². The van der Waals surface area contributed by atoms with Gasteiger partial charge in [0.05, 0.1) is 30.8 Å². The summed E-state index contributed by atoms with van der Waals surface area (Å²) in [4.78, 5) is 1.51. The molecule has 1 aromatic carbocycles. The van der Waals surface area contributed by atoms with Gasteiger partial charge in [-0.1, -0.05) is 6.07 Å². The van der Waals surface area contributed by atoms with Crippen molar-refractivity contribution in [1.29, 1.82) is 0 Å². The number of nitrogens with one attached hydrogen (secondary N) is 1. The molecule has 0 aliphatic carbocycles. The maximum absolute atomic E-state index is 9.23. The highest BCUT2D eigenvalue weighted by atomic mass is 16.3. The second-order valence-electron chi connectivity index (χ2n) is 3.59. The van der Waals surface area contributed by atoms with Gasteiger partial charge in [-0.2, -0.15) is 15.0 Å². The zero-order valence-corrected chi connectivity index (χ0v) is 9.19. The van der Waals surface area contributed by atoms with Crippen molar-refractivity contribution in [3.05, 3.63) is 36.7 Å². The minimum absolute atomic E-state index is 0.257. The van der Waals surface area contributed by atoms with Crippen LogP contribution in [0.15, 0.2) is 36.7 Å². The van der Waals surface area contributed by atoms with Gasteiger partial charge in [-0.3, -0.25) is 0 Å². The largest absolute Gasteiger partial charge is 0.394 e. The predicted molar refractivity (Wildman–Crippen MR) is 62.9 cm³/mol. The third kappa shape index (κ3) is 3.02. The van der Waals surface area contributed by atoms with Gasteiger partial charge in [0, 0.05) is 12.2 Å². The topological polar surface area (TPSA) is 83.2 Å². The SMILES string of the molecule is OCC(O)CNc1cccc(-n2nccn2)c1. The molecule has 0 saturated heterocycles. The zero-order valence-electron chi connectivity index (χ0n) is 9.19. The van der Waals surface area contributed by atoms with E-state index in [1.165, 1.54) is 4.80 Å². The predicted octanol–water partition coefficient (Wildman–Crippen LogP) is 0.0324. The summed E-state index contributed by atoms with van der Waals surface area (Å²) in [5.74, 6) is 0. The molecular formula is C11H14N4O2. The quantitative estimate of drug-likeness (QED) is 0.680. The highest BCUT2D eigenvalue weighted by Crippen LogP contribution is 2.12. The van der Waals surface area contributed by atoms with Gasteiger partial charge >= 0.3 is 0 Å². The summed E-state index contributed by atoms with van der Waals surface area (Å²) >= 11 is 0. The van der Waals surface area contributed by atoms with Gasteiger partial charge in [-0.25, -0.2) is 0 Å². The van der Waals surface area contributed by atoms with Crippen molar-refractivity contribution in [1.82, 2.24) is 15.0 Å². The Morgan fingerprint density at radius 3 is 2.76 bits per heavy atom. The van der Waals surface area contributed by atoms with Crippen molar-refractivity contribution in [3.63, 3.8) is 0 Å². The van der Waals surface area contributed by atoms with E-state index in [4.69, 9.17) is 5.11 Å². The Labute approximate surface area is 98.5 Å². The van der Waals surface area contributed by atoms with Crippen LogP contribution in [-0.2, 0) is 0 Å². The third-order valence-electron chi connectivity index (χ3n) is 2.25. The lowest BCUT2D eigenvalue weighted by atomic mass is 10.2. The highest BCUT2D eigenvalue weighted by Gasteiger charge is 2.02. The first-order valence-electron chi connectivity index (χ1n) is 5.29. The van der Waals surface area contributed by atoms with Crippen LogP contribution >= 0.6 is 0 Å². The fourth-order valence-corrected chi connectivity index (χ4v) is 1.39. The first-order valence-corrected chi connectivity index (χ1v) is 5.29. The van der Waals surface area contributed by atoms with Crippen molar-refractivity contribution in [2.75, 3.05) is 18.5 Å². The molecule has 0 aliphatic rings. The average molecular weight is 234 g/mol. The fraction of sp³-hybridized carbons (Fsp3) is 0.273. The first-order chi connectivity index (χ1) is 8.29. The normalized spacial score (nSPS) is 12.4. The molecule has 2 aromatic rings. The summed E-state index contributed by atoms with van der Waals surface area (Å²) in [7, 11) is 0. The lowest BCUT2D eigenvalue weighted by molar-refractivity contribution is 0.105. The molecule has 0 amide bonds. The Kier molecular flexibility index (Phi) is 3.69. The van der Waals surface area contributed by atoms with Gasteiger partial charge in [0.15, 0.2) is 0 Å². The minimum atomic E-state index is -0.763. The number of aromatic nitrogens is 3. The van der Waals surface area contributed by atoms with Gasteiger partial charge in [0.1, 0.15) is 0 Å². The molecule has 1 aromatic heterocycles. The molecule has 2 rings (SSSR count). The molecule has 1 atom stereocenters. The van der Waals surface area contributed by atoms with Crippen LogP contribution in [-0.4, -0.2) is 44.5 Å². The van der Waals surface area contributed by atoms with E-state index in [0.29, 0.717) is 6.54 Å². The Bertz CT molecular complexity index is 458. The standard InChI is InChI=1S/C11H14N4O2/c16-8-11(17)7-12-9-2-1-3-10(6-9)15-13-4-5-14-15/h1-6,11-12,16-17H,7-8H2. The number of rotatable bonds is 5. The molecule has 0 fully saturated rings. The minimum Gasteiger partial charge on any atom is -0.394 e. The summed E-state index contributed by atoms with van der Waals surface area (Å²) < 4.78 is 0.